The molecule has 6 aliphatic rings. The standard InChI is InChI=1S/C48H58N6O6/c1-59-47(57)51-43(35-11-5-3-6-12-35)45(55)53-25-9-15-41(53)39-27-37(29-49-39)33-21-17-31(18-22-33)32-19-23-34(24-20-32)38-28-40(50-30-38)42-16-10-26-54(42)46(56)44(52-48(58)60-2)36-13-7-4-8-14-36/h9,15,17-24,29-30,35-36,41-44H,3-8,10-14,16,25-28H2,1-2H3,(H,51,57)(H,52,58)/t41-,42-,43-,44-/m0/s1. The molecular weight excluding hydrogens is 757 g/mol. The molecular formula is C48H58N6O6. The van der Waals surface area contributed by atoms with Crippen LogP contribution in [-0.2, 0) is 19.1 Å². The average molecular weight is 815 g/mol. The SMILES string of the molecule is COC(=O)N[C@H](C(=O)N1CC=C[C@H]1C1=NC=C(c2ccc(-c3ccc(C4=CN=C([C@@H]5CCCN5C(=O)[C@@H](NC(=O)OC)C5CCCCC5)C4)cc3)cc2)C1)C1CCCCC1. The van der Waals surface area contributed by atoms with Crippen LogP contribution in [0.5, 0.6) is 0 Å². The minimum atomic E-state index is -0.611. The average Bonchev–Trinajstić information content (AvgIpc) is 4.15. The van der Waals surface area contributed by atoms with Crippen molar-refractivity contribution in [3.63, 3.8) is 0 Å². The zero-order valence-corrected chi connectivity index (χ0v) is 34.9. The summed E-state index contributed by atoms with van der Waals surface area (Å²) >= 11 is 0. The summed E-state index contributed by atoms with van der Waals surface area (Å²) in [7, 11) is 2.68. The van der Waals surface area contributed by atoms with Gasteiger partial charge >= 0.3 is 12.2 Å². The summed E-state index contributed by atoms with van der Waals surface area (Å²) < 4.78 is 9.81. The Kier molecular flexibility index (Phi) is 12.9. The van der Waals surface area contributed by atoms with E-state index in [1.807, 2.05) is 28.3 Å². The lowest BCUT2D eigenvalue weighted by atomic mass is 9.83. The monoisotopic (exact) mass is 814 g/mol. The molecule has 2 saturated carbocycles. The summed E-state index contributed by atoms with van der Waals surface area (Å²) in [6.07, 6.45) is 20.2. The summed E-state index contributed by atoms with van der Waals surface area (Å²) in [5.41, 5.74) is 8.59. The van der Waals surface area contributed by atoms with E-state index in [9.17, 15) is 19.2 Å². The van der Waals surface area contributed by atoms with Gasteiger partial charge in [0.25, 0.3) is 0 Å². The number of likely N-dealkylation sites (tertiary alicyclic amines) is 1. The Hall–Kier alpha value is -5.52. The van der Waals surface area contributed by atoms with Crippen LogP contribution in [0.2, 0.25) is 0 Å². The van der Waals surface area contributed by atoms with Crippen LogP contribution in [0.3, 0.4) is 0 Å². The lowest BCUT2D eigenvalue weighted by molar-refractivity contribution is -0.135. The van der Waals surface area contributed by atoms with Crippen molar-refractivity contribution in [1.82, 2.24) is 20.4 Å². The first-order valence-corrected chi connectivity index (χ1v) is 22.0. The number of rotatable bonds is 11. The van der Waals surface area contributed by atoms with E-state index in [0.717, 1.165) is 115 Å². The number of allylic oxidation sites excluding steroid dienone is 2. The molecule has 1 saturated heterocycles. The van der Waals surface area contributed by atoms with Gasteiger partial charge in [-0.1, -0.05) is 99.2 Å². The van der Waals surface area contributed by atoms with E-state index in [1.54, 1.807) is 0 Å². The molecule has 2 aromatic rings. The fourth-order valence-electron chi connectivity index (χ4n) is 10.2. The van der Waals surface area contributed by atoms with Crippen molar-refractivity contribution in [2.45, 2.75) is 114 Å². The molecule has 4 atom stereocenters. The number of hydrogen-bond acceptors (Lipinski definition) is 8. The fourth-order valence-corrected chi connectivity index (χ4v) is 10.2. The molecule has 8 rings (SSSR count). The quantitative estimate of drug-likeness (QED) is 0.220. The molecule has 12 nitrogen and oxygen atoms in total. The van der Waals surface area contributed by atoms with Gasteiger partial charge in [0.2, 0.25) is 11.8 Å². The van der Waals surface area contributed by atoms with Crippen LogP contribution >= 0.6 is 0 Å². The maximum atomic E-state index is 14.0. The third-order valence-corrected chi connectivity index (χ3v) is 13.6. The molecule has 12 heteroatoms. The first kappa shape index (κ1) is 41.2. The van der Waals surface area contributed by atoms with Crippen LogP contribution in [0, 0.1) is 11.8 Å². The van der Waals surface area contributed by atoms with Crippen molar-refractivity contribution in [3.8, 4) is 11.1 Å². The fraction of sp³-hybridized carbons (Fsp3) is 0.500. The van der Waals surface area contributed by atoms with E-state index in [4.69, 9.17) is 19.5 Å². The maximum absolute atomic E-state index is 14.0. The number of carbonyl (C=O) groups excluding carboxylic acids is 4. The van der Waals surface area contributed by atoms with Crippen LogP contribution < -0.4 is 10.6 Å². The Morgan fingerprint density at radius 3 is 1.58 bits per heavy atom. The summed E-state index contributed by atoms with van der Waals surface area (Å²) in [5.74, 6) is 0.123. The Labute approximate surface area is 353 Å². The summed E-state index contributed by atoms with van der Waals surface area (Å²) in [6.45, 7) is 1.15. The zero-order valence-electron chi connectivity index (χ0n) is 34.9. The molecule has 0 bridgehead atoms. The number of methoxy groups -OCH3 is 2. The van der Waals surface area contributed by atoms with Crippen LogP contribution in [0.4, 0.5) is 9.59 Å². The van der Waals surface area contributed by atoms with Crippen molar-refractivity contribution in [2.24, 2.45) is 21.8 Å². The molecule has 2 N–H and O–H groups in total. The molecule has 4 amide bonds. The summed E-state index contributed by atoms with van der Waals surface area (Å²) in [4.78, 5) is 66.1. The first-order chi connectivity index (χ1) is 29.3. The van der Waals surface area contributed by atoms with Crippen molar-refractivity contribution in [2.75, 3.05) is 27.3 Å². The number of benzene rings is 2. The van der Waals surface area contributed by atoms with Crippen LogP contribution in [0.15, 0.2) is 83.1 Å². The van der Waals surface area contributed by atoms with E-state index in [2.05, 4.69) is 65.2 Å². The second kappa shape index (κ2) is 18.8. The molecule has 0 spiro atoms. The third kappa shape index (κ3) is 8.98. The Bertz CT molecular complexity index is 2080. The van der Waals surface area contributed by atoms with Gasteiger partial charge < -0.3 is 29.9 Å². The van der Waals surface area contributed by atoms with Crippen LogP contribution in [0.25, 0.3) is 22.3 Å². The number of carbonyl (C=O) groups is 4. The number of hydrogen-bond donors (Lipinski definition) is 2. The van der Waals surface area contributed by atoms with Gasteiger partial charge in [-0.3, -0.25) is 19.6 Å². The normalized spacial score (nSPS) is 23.0. The van der Waals surface area contributed by atoms with Crippen molar-refractivity contribution in [3.05, 3.63) is 84.2 Å². The molecule has 0 aromatic heterocycles. The highest BCUT2D eigenvalue weighted by atomic mass is 16.5. The number of aliphatic imine (C=N–C) groups is 2. The summed E-state index contributed by atoms with van der Waals surface area (Å²) in [6, 6.07) is 15.6. The second-order valence-corrected chi connectivity index (χ2v) is 17.1. The highest BCUT2D eigenvalue weighted by molar-refractivity contribution is 6.05. The highest BCUT2D eigenvalue weighted by Gasteiger charge is 2.41. The predicted octanol–water partition coefficient (Wildman–Crippen LogP) is 8.09. The number of alkyl carbamates (subject to hydrolysis) is 2. The molecule has 4 heterocycles. The van der Waals surface area contributed by atoms with E-state index >= 15 is 0 Å². The van der Waals surface area contributed by atoms with Gasteiger partial charge in [-0.05, 0) is 83.8 Å². The topological polar surface area (TPSA) is 142 Å². The summed E-state index contributed by atoms with van der Waals surface area (Å²) in [5, 5.41) is 5.75. The number of amides is 4. The van der Waals surface area contributed by atoms with E-state index in [1.165, 1.54) is 20.6 Å². The van der Waals surface area contributed by atoms with Gasteiger partial charge in [-0.2, -0.15) is 0 Å². The molecule has 2 aliphatic carbocycles. The smallest absolute Gasteiger partial charge is 0.407 e. The second-order valence-electron chi connectivity index (χ2n) is 17.1. The number of nitrogens with one attached hydrogen (secondary N) is 2. The lowest BCUT2D eigenvalue weighted by Gasteiger charge is -2.34. The highest BCUT2D eigenvalue weighted by Crippen LogP contribution is 2.35. The number of ether oxygens (including phenoxy) is 2. The Morgan fingerprint density at radius 2 is 1.07 bits per heavy atom. The van der Waals surface area contributed by atoms with Gasteiger partial charge in [0.15, 0.2) is 0 Å². The molecule has 0 unspecified atom stereocenters. The Balaban J connectivity index is 0.861. The Morgan fingerprint density at radius 1 is 0.600 bits per heavy atom. The third-order valence-electron chi connectivity index (χ3n) is 13.6. The molecule has 60 heavy (non-hydrogen) atoms. The van der Waals surface area contributed by atoms with Crippen molar-refractivity contribution < 1.29 is 28.7 Å². The number of nitrogens with zero attached hydrogens (tertiary/aromatic N) is 4. The van der Waals surface area contributed by atoms with E-state index < -0.39 is 24.3 Å². The molecule has 0 radical (unpaired) electrons. The molecule has 316 valence electrons. The van der Waals surface area contributed by atoms with Gasteiger partial charge in [-0.15, -0.1) is 0 Å². The van der Waals surface area contributed by atoms with Gasteiger partial charge in [0.05, 0.1) is 26.3 Å². The molecule has 4 aliphatic heterocycles. The van der Waals surface area contributed by atoms with E-state index in [-0.39, 0.29) is 35.7 Å². The zero-order chi connectivity index (χ0) is 41.6. The van der Waals surface area contributed by atoms with Gasteiger partial charge in [0.1, 0.15) is 12.1 Å². The minimum absolute atomic E-state index is 0.0165. The van der Waals surface area contributed by atoms with Crippen molar-refractivity contribution >= 4 is 46.6 Å². The predicted molar refractivity (Wildman–Crippen MR) is 233 cm³/mol. The largest absolute Gasteiger partial charge is 0.453 e. The molecule has 3 fully saturated rings. The van der Waals surface area contributed by atoms with E-state index in [0.29, 0.717) is 25.9 Å². The molecule has 2 aromatic carbocycles. The lowest BCUT2D eigenvalue weighted by Crippen LogP contribution is -2.55. The maximum Gasteiger partial charge on any atom is 0.407 e. The van der Waals surface area contributed by atoms with Crippen molar-refractivity contribution in [1.29, 1.82) is 0 Å². The van der Waals surface area contributed by atoms with Gasteiger partial charge in [0, 0.05) is 49.8 Å². The van der Waals surface area contributed by atoms with Crippen LogP contribution in [0.1, 0.15) is 101 Å². The van der Waals surface area contributed by atoms with Gasteiger partial charge in [-0.25, -0.2) is 9.59 Å². The first-order valence-electron chi connectivity index (χ1n) is 22.0. The minimum Gasteiger partial charge on any atom is -0.453 e. The van der Waals surface area contributed by atoms with Crippen LogP contribution in [-0.4, -0.2) is 96.7 Å².